The molecule has 4 N–H and O–H groups in total. The Bertz CT molecular complexity index is 74.1. The van der Waals surface area contributed by atoms with Crippen LogP contribution in [0.4, 0.5) is 0 Å². The second kappa shape index (κ2) is 48.3. The average Bonchev–Trinajstić information content (AvgIpc) is 1.25. The molecule has 0 rings (SSSR count). The fourth-order valence-corrected chi connectivity index (χ4v) is 0. The van der Waals surface area contributed by atoms with Gasteiger partial charge in [0.05, 0.1) is 0 Å². The standard InChI is InChI=1S/2Ce.2HNO3.H2O.3O/c;;2*2-1(3)4;;;;/h;;2*(H,2,3,4);1H2;;;/q2*+3;;;;3*-2. The van der Waals surface area contributed by atoms with E-state index in [-0.39, 0.29) is 105 Å². The van der Waals surface area contributed by atoms with Gasteiger partial charge in [-0.05, 0) is 0 Å². The van der Waals surface area contributed by atoms with Crippen molar-refractivity contribution in [2.24, 2.45) is 0 Å². The molecule has 0 saturated carbocycles. The first-order valence-electron chi connectivity index (χ1n) is 1.13. The van der Waals surface area contributed by atoms with Gasteiger partial charge in [-0.25, -0.2) is 0 Å². The molecule has 0 unspecified atom stereocenters. The Morgan fingerprint density at radius 3 is 0.786 bits per heavy atom. The minimum absolute atomic E-state index is 0. The van der Waals surface area contributed by atoms with Gasteiger partial charge in [0, 0.05) is 0 Å². The van der Waals surface area contributed by atoms with Gasteiger partial charge in [0.2, 0.25) is 0 Å². The molecular weight excluding hydrogens is 468 g/mol. The zero-order chi connectivity index (χ0) is 7.15. The van der Waals surface area contributed by atoms with Gasteiger partial charge in [-0.2, -0.15) is 0 Å². The summed E-state index contributed by atoms with van der Waals surface area (Å²) >= 11 is 0. The average molecular weight is 472 g/mol. The minimum atomic E-state index is -1.50. The molecule has 0 amide bonds. The molecule has 0 aliphatic carbocycles. The molecule has 2 radical (unpaired) electrons. The summed E-state index contributed by atoms with van der Waals surface area (Å²) in [6, 6.07) is 0. The summed E-state index contributed by atoms with van der Waals surface area (Å²) in [5, 5.41) is 27.3. The van der Waals surface area contributed by atoms with Crippen LogP contribution in [0.5, 0.6) is 0 Å². The van der Waals surface area contributed by atoms with Crippen LogP contribution in [0.2, 0.25) is 0 Å². The number of nitrogens with zero attached hydrogens (tertiary/aromatic N) is 2. The maximum absolute atomic E-state index is 8.36. The Balaban J connectivity index is -0.00000000600. The summed E-state index contributed by atoms with van der Waals surface area (Å²) in [6.07, 6.45) is 0. The fourth-order valence-electron chi connectivity index (χ4n) is 0. The van der Waals surface area contributed by atoms with Crippen LogP contribution in [-0.2, 0) is 16.4 Å². The topological polar surface area (TPSA) is 244 Å². The Morgan fingerprint density at radius 1 is 0.786 bits per heavy atom. The van der Waals surface area contributed by atoms with Gasteiger partial charge >= 0.3 is 83.5 Å². The van der Waals surface area contributed by atoms with E-state index in [9.17, 15) is 0 Å². The van der Waals surface area contributed by atoms with Gasteiger partial charge < -0.3 is 32.3 Å². The van der Waals surface area contributed by atoms with E-state index in [2.05, 4.69) is 0 Å². The van der Waals surface area contributed by atoms with Crippen LogP contribution < -0.4 is 0 Å². The Labute approximate surface area is 144 Å². The molecule has 0 aromatic rings. The van der Waals surface area contributed by atoms with E-state index in [0.29, 0.717) is 0 Å². The minimum Gasteiger partial charge on any atom is -2.00 e. The maximum atomic E-state index is 8.36. The van der Waals surface area contributed by atoms with Crippen LogP contribution in [-0.4, -0.2) is 26.1 Å². The summed E-state index contributed by atoms with van der Waals surface area (Å²) in [6.45, 7) is 0. The third kappa shape index (κ3) is 1890. The van der Waals surface area contributed by atoms with Crippen molar-refractivity contribution < 1.29 is 126 Å². The molecule has 14 heteroatoms. The molecule has 0 spiro atoms. The summed E-state index contributed by atoms with van der Waals surface area (Å²) in [5.41, 5.74) is 0. The number of rotatable bonds is 0. The van der Waals surface area contributed by atoms with E-state index in [1.165, 1.54) is 0 Å². The Kier molecular flexibility index (Phi) is 207. The molecular formula is H4Ce2N2O10. The number of hydrogen-bond donors (Lipinski definition) is 2. The van der Waals surface area contributed by atoms with Crippen LogP contribution in [0.25, 0.3) is 0 Å². The SMILES string of the molecule is O.O=[N+]([O-])O.O=[N+]([O-])O.[Ce+3].[Ce+3].[O-2].[O-2].[O-2]. The largest absolute Gasteiger partial charge is 3.00 e. The molecule has 0 fully saturated rings. The van der Waals surface area contributed by atoms with Gasteiger partial charge in [-0.15, -0.1) is 20.2 Å². The van der Waals surface area contributed by atoms with Crippen molar-refractivity contribution in [2.45, 2.75) is 0 Å². The van der Waals surface area contributed by atoms with Crippen molar-refractivity contribution in [3.63, 3.8) is 0 Å². The Hall–Kier alpha value is 0.993. The van der Waals surface area contributed by atoms with E-state index < -0.39 is 10.2 Å². The van der Waals surface area contributed by atoms with Gasteiger partial charge in [-0.3, -0.25) is 0 Å². The predicted octanol–water partition coefficient (Wildman–Crippen LogP) is -1.88. The number of hydrogen-bond acceptors (Lipinski definition) is 4. The molecule has 82 valence electrons. The van der Waals surface area contributed by atoms with Gasteiger partial charge in [0.15, 0.2) is 0 Å². The van der Waals surface area contributed by atoms with E-state index in [4.69, 9.17) is 30.6 Å². The second-order valence-corrected chi connectivity index (χ2v) is 0.476. The van der Waals surface area contributed by atoms with Crippen molar-refractivity contribution in [3.8, 4) is 0 Å². The first kappa shape index (κ1) is 60.0. The van der Waals surface area contributed by atoms with Crippen molar-refractivity contribution in [3.05, 3.63) is 20.2 Å². The normalized spacial score (nSPS) is 3.43. The monoisotopic (exact) mass is 472 g/mol. The van der Waals surface area contributed by atoms with Crippen LogP contribution in [0.15, 0.2) is 0 Å². The van der Waals surface area contributed by atoms with Crippen LogP contribution in [0, 0.1) is 104 Å². The third-order valence-electron chi connectivity index (χ3n) is 0. The van der Waals surface area contributed by atoms with Crippen molar-refractivity contribution >= 4 is 0 Å². The molecule has 12 nitrogen and oxygen atoms in total. The summed E-state index contributed by atoms with van der Waals surface area (Å²) in [4.78, 5) is 16.7. The van der Waals surface area contributed by atoms with Crippen LogP contribution >= 0.6 is 0 Å². The molecule has 0 aliphatic heterocycles. The van der Waals surface area contributed by atoms with E-state index in [1.807, 2.05) is 0 Å². The molecule has 0 heterocycles. The summed E-state index contributed by atoms with van der Waals surface area (Å²) in [5.74, 6) is 0. The zero-order valence-corrected chi connectivity index (χ0v) is 12.4. The molecule has 0 saturated heterocycles. The quantitative estimate of drug-likeness (QED) is 0.301. The predicted molar refractivity (Wildman–Crippen MR) is 23.2 cm³/mol. The van der Waals surface area contributed by atoms with E-state index in [0.717, 1.165) is 0 Å². The van der Waals surface area contributed by atoms with Crippen molar-refractivity contribution in [2.75, 3.05) is 0 Å². The molecule has 0 bridgehead atoms. The molecule has 0 atom stereocenters. The van der Waals surface area contributed by atoms with Gasteiger partial charge in [0.1, 0.15) is 0 Å². The first-order chi connectivity index (χ1) is 3.46. The van der Waals surface area contributed by atoms with Crippen molar-refractivity contribution in [1.29, 1.82) is 0 Å². The summed E-state index contributed by atoms with van der Waals surface area (Å²) in [7, 11) is 0. The molecule has 0 aromatic heterocycles. The van der Waals surface area contributed by atoms with Gasteiger partial charge in [0.25, 0.3) is 10.2 Å². The summed E-state index contributed by atoms with van der Waals surface area (Å²) < 4.78 is 0. The van der Waals surface area contributed by atoms with Crippen LogP contribution in [0.3, 0.4) is 0 Å². The smallest absolute Gasteiger partial charge is 2.00 e. The molecule has 14 heavy (non-hydrogen) atoms. The molecule has 0 aromatic carbocycles. The fraction of sp³-hybridized carbons (Fsp3) is 0. The maximum Gasteiger partial charge on any atom is 3.00 e. The van der Waals surface area contributed by atoms with Gasteiger partial charge in [-0.1, -0.05) is 0 Å². The van der Waals surface area contributed by atoms with Crippen molar-refractivity contribution in [1.82, 2.24) is 0 Å². The van der Waals surface area contributed by atoms with E-state index >= 15 is 0 Å². The second-order valence-electron chi connectivity index (χ2n) is 0.476. The van der Waals surface area contributed by atoms with E-state index in [1.54, 1.807) is 0 Å². The molecule has 0 aliphatic rings. The third-order valence-corrected chi connectivity index (χ3v) is 0. The Morgan fingerprint density at radius 2 is 0.786 bits per heavy atom. The zero-order valence-electron chi connectivity index (χ0n) is 6.15. The first-order valence-corrected chi connectivity index (χ1v) is 1.13. The van der Waals surface area contributed by atoms with Crippen LogP contribution in [0.1, 0.15) is 0 Å².